The highest BCUT2D eigenvalue weighted by molar-refractivity contribution is 9.09. The van der Waals surface area contributed by atoms with E-state index in [4.69, 9.17) is 4.74 Å². The molecule has 0 N–H and O–H groups in total. The molecule has 0 heterocycles. The molecule has 2 aromatic rings. The summed E-state index contributed by atoms with van der Waals surface area (Å²) < 4.78 is 17.7. The lowest BCUT2D eigenvalue weighted by atomic mass is 10.0. The van der Waals surface area contributed by atoms with Gasteiger partial charge in [0.2, 0.25) is 0 Å². The van der Waals surface area contributed by atoms with Gasteiger partial charge in [-0.2, -0.15) is 4.39 Å². The molecule has 18 heavy (non-hydrogen) atoms. The molecule has 2 nitrogen and oxygen atoms in total. The lowest BCUT2D eigenvalue weighted by molar-refractivity contribution is 0.111. The number of carbonyl (C=O) groups excluding carboxylic acids is 1. The van der Waals surface area contributed by atoms with Gasteiger partial charge in [-0.05, 0) is 39.2 Å². The van der Waals surface area contributed by atoms with E-state index in [1.165, 1.54) is 0 Å². The second-order valence-corrected chi connectivity index (χ2v) is 4.33. The normalized spacial score (nSPS) is 11.9. The van der Waals surface area contributed by atoms with E-state index >= 15 is 0 Å². The van der Waals surface area contributed by atoms with E-state index < -0.39 is 5.27 Å². The standard InChI is InChI=1S/C14H10BrFO2/c15-14(16)18-13-8-11(6-7-12(13)9-17)10-4-2-1-3-5-10/h1-9,14H. The number of hydrogen-bond acceptors (Lipinski definition) is 2. The second-order valence-electron chi connectivity index (χ2n) is 3.61. The highest BCUT2D eigenvalue weighted by Crippen LogP contribution is 2.28. The Hall–Kier alpha value is -1.68. The summed E-state index contributed by atoms with van der Waals surface area (Å²) in [6.07, 6.45) is 0.638. The minimum Gasteiger partial charge on any atom is -0.450 e. The molecule has 92 valence electrons. The molecule has 4 heteroatoms. The number of halogens is 2. The van der Waals surface area contributed by atoms with Crippen LogP contribution in [-0.2, 0) is 0 Å². The van der Waals surface area contributed by atoms with Crippen LogP contribution < -0.4 is 4.74 Å². The Bertz CT molecular complexity index is 541. The van der Waals surface area contributed by atoms with Crippen LogP contribution in [0.4, 0.5) is 4.39 Å². The Kier molecular flexibility index (Phi) is 4.10. The molecule has 0 saturated carbocycles. The highest BCUT2D eigenvalue weighted by atomic mass is 79.9. The maximum atomic E-state index is 12.8. The molecule has 0 spiro atoms. The molecule has 0 bridgehead atoms. The Balaban J connectivity index is 2.42. The molecule has 0 saturated heterocycles. The first kappa shape index (κ1) is 12.8. The van der Waals surface area contributed by atoms with Crippen LogP contribution in [0.2, 0.25) is 0 Å². The van der Waals surface area contributed by atoms with Crippen molar-refractivity contribution < 1.29 is 13.9 Å². The monoisotopic (exact) mass is 308 g/mol. The van der Waals surface area contributed by atoms with Crippen LogP contribution in [0, 0.1) is 0 Å². The summed E-state index contributed by atoms with van der Waals surface area (Å²) in [4.78, 5) is 10.8. The van der Waals surface area contributed by atoms with Crippen LogP contribution in [0.5, 0.6) is 5.75 Å². The van der Waals surface area contributed by atoms with E-state index in [9.17, 15) is 9.18 Å². The molecule has 2 aromatic carbocycles. The smallest absolute Gasteiger partial charge is 0.294 e. The molecule has 1 unspecified atom stereocenters. The maximum Gasteiger partial charge on any atom is 0.294 e. The van der Waals surface area contributed by atoms with E-state index in [2.05, 4.69) is 15.9 Å². The summed E-state index contributed by atoms with van der Waals surface area (Å²) in [6.45, 7) is 0. The fourth-order valence-corrected chi connectivity index (χ4v) is 1.84. The fourth-order valence-electron chi connectivity index (χ4n) is 1.64. The zero-order valence-corrected chi connectivity index (χ0v) is 10.9. The number of alkyl halides is 2. The van der Waals surface area contributed by atoms with Crippen LogP contribution in [0.25, 0.3) is 11.1 Å². The van der Waals surface area contributed by atoms with Crippen molar-refractivity contribution >= 4 is 22.2 Å². The quantitative estimate of drug-likeness (QED) is 0.625. The maximum absolute atomic E-state index is 12.8. The van der Waals surface area contributed by atoms with Crippen molar-refractivity contribution in [3.8, 4) is 16.9 Å². The molecule has 0 aliphatic heterocycles. The molecular weight excluding hydrogens is 299 g/mol. The van der Waals surface area contributed by atoms with Gasteiger partial charge < -0.3 is 4.74 Å². The average Bonchev–Trinajstić information content (AvgIpc) is 2.39. The topological polar surface area (TPSA) is 26.3 Å². The molecule has 0 fully saturated rings. The molecule has 0 aliphatic rings. The lowest BCUT2D eigenvalue weighted by Crippen LogP contribution is -2.02. The van der Waals surface area contributed by atoms with Crippen molar-refractivity contribution in [3.05, 3.63) is 54.1 Å². The van der Waals surface area contributed by atoms with Gasteiger partial charge in [0.1, 0.15) is 5.75 Å². The number of carbonyl (C=O) groups is 1. The SMILES string of the molecule is O=Cc1ccc(-c2ccccc2)cc1OC(F)Br. The van der Waals surface area contributed by atoms with Gasteiger partial charge >= 0.3 is 0 Å². The zero-order chi connectivity index (χ0) is 13.0. The van der Waals surface area contributed by atoms with E-state index in [-0.39, 0.29) is 5.75 Å². The van der Waals surface area contributed by atoms with Crippen molar-refractivity contribution in [2.45, 2.75) is 5.27 Å². The van der Waals surface area contributed by atoms with Gasteiger partial charge in [0.05, 0.1) is 5.56 Å². The van der Waals surface area contributed by atoms with Crippen molar-refractivity contribution in [1.29, 1.82) is 0 Å². The predicted octanol–water partition coefficient (Wildman–Crippen LogP) is 4.19. The molecule has 0 aliphatic carbocycles. The van der Waals surface area contributed by atoms with Crippen LogP contribution in [0.3, 0.4) is 0 Å². The summed E-state index contributed by atoms with van der Waals surface area (Å²) in [5, 5.41) is -1.64. The summed E-state index contributed by atoms with van der Waals surface area (Å²) >= 11 is 2.65. The number of rotatable bonds is 4. The zero-order valence-electron chi connectivity index (χ0n) is 9.35. The summed E-state index contributed by atoms with van der Waals surface area (Å²) in [5.41, 5.74) is 2.16. The van der Waals surface area contributed by atoms with E-state index in [0.717, 1.165) is 11.1 Å². The first-order valence-electron chi connectivity index (χ1n) is 5.30. The van der Waals surface area contributed by atoms with Crippen LogP contribution in [-0.4, -0.2) is 11.6 Å². The molecular formula is C14H10BrFO2. The average molecular weight is 309 g/mol. The second kappa shape index (κ2) is 5.78. The Labute approximate surface area is 113 Å². The summed E-state index contributed by atoms with van der Waals surface area (Å²) in [6, 6.07) is 14.6. The van der Waals surface area contributed by atoms with Crippen molar-refractivity contribution in [2.75, 3.05) is 0 Å². The van der Waals surface area contributed by atoms with E-state index in [1.807, 2.05) is 30.3 Å². The summed E-state index contributed by atoms with van der Waals surface area (Å²) in [5.74, 6) is 0.218. The Morgan fingerprint density at radius 2 is 1.83 bits per heavy atom. The van der Waals surface area contributed by atoms with Gasteiger partial charge in [-0.3, -0.25) is 4.79 Å². The number of ether oxygens (including phenoxy) is 1. The van der Waals surface area contributed by atoms with Gasteiger partial charge in [-0.25, -0.2) is 0 Å². The predicted molar refractivity (Wildman–Crippen MR) is 71.7 cm³/mol. The third-order valence-corrected chi connectivity index (χ3v) is 2.65. The van der Waals surface area contributed by atoms with Gasteiger partial charge in [0, 0.05) is 0 Å². The van der Waals surface area contributed by atoms with Gasteiger partial charge in [-0.15, -0.1) is 0 Å². The van der Waals surface area contributed by atoms with E-state index in [1.54, 1.807) is 18.2 Å². The van der Waals surface area contributed by atoms with Crippen molar-refractivity contribution in [3.63, 3.8) is 0 Å². The number of benzene rings is 2. The lowest BCUT2D eigenvalue weighted by Gasteiger charge is -2.10. The number of hydrogen-bond donors (Lipinski definition) is 0. The van der Waals surface area contributed by atoms with Gasteiger partial charge in [0.15, 0.2) is 6.29 Å². The van der Waals surface area contributed by atoms with Crippen molar-refractivity contribution in [2.24, 2.45) is 0 Å². The van der Waals surface area contributed by atoms with Crippen LogP contribution in [0.15, 0.2) is 48.5 Å². The van der Waals surface area contributed by atoms with E-state index in [0.29, 0.717) is 11.8 Å². The third kappa shape index (κ3) is 2.96. The number of aldehydes is 1. The third-order valence-electron chi connectivity index (χ3n) is 2.46. The largest absolute Gasteiger partial charge is 0.450 e. The van der Waals surface area contributed by atoms with Crippen LogP contribution >= 0.6 is 15.9 Å². The van der Waals surface area contributed by atoms with Gasteiger partial charge in [0.25, 0.3) is 5.27 Å². The minimum atomic E-state index is -1.64. The summed E-state index contributed by atoms with van der Waals surface area (Å²) in [7, 11) is 0. The fraction of sp³-hybridized carbons (Fsp3) is 0.0714. The molecule has 0 radical (unpaired) electrons. The Morgan fingerprint density at radius 3 is 2.44 bits per heavy atom. The Morgan fingerprint density at radius 1 is 1.11 bits per heavy atom. The molecule has 2 rings (SSSR count). The molecule has 0 amide bonds. The minimum absolute atomic E-state index is 0.218. The first-order valence-corrected chi connectivity index (χ1v) is 6.22. The van der Waals surface area contributed by atoms with Crippen LogP contribution in [0.1, 0.15) is 10.4 Å². The van der Waals surface area contributed by atoms with Gasteiger partial charge in [-0.1, -0.05) is 36.4 Å². The van der Waals surface area contributed by atoms with Crippen molar-refractivity contribution in [1.82, 2.24) is 0 Å². The molecule has 0 aromatic heterocycles. The first-order chi connectivity index (χ1) is 8.70. The molecule has 1 atom stereocenters. The highest BCUT2D eigenvalue weighted by Gasteiger charge is 2.09.